The van der Waals surface area contributed by atoms with Crippen molar-refractivity contribution < 1.29 is 23.1 Å². The van der Waals surface area contributed by atoms with Gasteiger partial charge in [-0.25, -0.2) is 4.79 Å². The average Bonchev–Trinajstić information content (AvgIpc) is 2.23. The molecule has 94 valence electrons. The van der Waals surface area contributed by atoms with E-state index in [2.05, 4.69) is 11.1 Å². The Morgan fingerprint density at radius 2 is 2.06 bits per heavy atom. The largest absolute Gasteiger partial charge is 0.457 e. The predicted octanol–water partition coefficient (Wildman–Crippen LogP) is 2.37. The Bertz CT molecular complexity index is 300. The number of ether oxygens (including phenoxy) is 1. The van der Waals surface area contributed by atoms with E-state index in [1.807, 2.05) is 6.92 Å². The van der Waals surface area contributed by atoms with Gasteiger partial charge in [0.2, 0.25) is 0 Å². The summed E-state index contributed by atoms with van der Waals surface area (Å²) in [4.78, 5) is 11.2. The molecule has 0 aromatic heterocycles. The molecule has 0 radical (unpaired) electrons. The van der Waals surface area contributed by atoms with Crippen LogP contribution in [0.1, 0.15) is 20.3 Å². The fourth-order valence-electron chi connectivity index (χ4n) is 0.758. The van der Waals surface area contributed by atoms with Crippen LogP contribution >= 0.6 is 7.60 Å². The van der Waals surface area contributed by atoms with Gasteiger partial charge >= 0.3 is 13.6 Å². The minimum atomic E-state index is -3.02. The maximum atomic E-state index is 11.4. The van der Waals surface area contributed by atoms with E-state index in [1.165, 1.54) is 13.8 Å². The molecule has 0 aliphatic carbocycles. The molecule has 0 N–H and O–H groups in total. The normalized spacial score (nSPS) is 16.2. The first-order chi connectivity index (χ1) is 7.32. The first-order valence-corrected chi connectivity index (χ1v) is 6.95. The number of carbonyl (C=O) groups excluding carboxylic acids is 1. The number of rotatable bonds is 7. The van der Waals surface area contributed by atoms with Crippen molar-refractivity contribution in [2.45, 2.75) is 26.4 Å². The van der Waals surface area contributed by atoms with Gasteiger partial charge in [0.15, 0.2) is 0 Å². The lowest BCUT2D eigenvalue weighted by molar-refractivity contribution is -0.146. The Morgan fingerprint density at radius 1 is 1.50 bits per heavy atom. The molecule has 5 nitrogen and oxygen atoms in total. The summed E-state index contributed by atoms with van der Waals surface area (Å²) in [6, 6.07) is 0. The summed E-state index contributed by atoms with van der Waals surface area (Å²) in [6.07, 6.45) is 0.135. The molecule has 16 heavy (non-hydrogen) atoms. The molecule has 2 atom stereocenters. The van der Waals surface area contributed by atoms with Crippen LogP contribution < -0.4 is 0 Å². The van der Waals surface area contributed by atoms with Gasteiger partial charge in [-0.15, -0.1) is 0 Å². The maximum Gasteiger partial charge on any atom is 0.333 e. The van der Waals surface area contributed by atoms with Crippen LogP contribution in [0.25, 0.3) is 0 Å². The van der Waals surface area contributed by atoms with Gasteiger partial charge in [0.25, 0.3) is 0 Å². The standard InChI is InChI=1S/C10H19O5P/c1-6-9(15-10(11)8(2)3)7-14-16(5,12)13-4/h9H,2,6-7H2,1,3-5H3. The van der Waals surface area contributed by atoms with E-state index >= 15 is 0 Å². The van der Waals surface area contributed by atoms with E-state index in [9.17, 15) is 9.36 Å². The highest BCUT2D eigenvalue weighted by Crippen LogP contribution is 2.42. The molecule has 0 aliphatic rings. The van der Waals surface area contributed by atoms with E-state index < -0.39 is 19.7 Å². The summed E-state index contributed by atoms with van der Waals surface area (Å²) >= 11 is 0. The quantitative estimate of drug-likeness (QED) is 0.394. The molecule has 0 aromatic carbocycles. The smallest absolute Gasteiger partial charge is 0.333 e. The monoisotopic (exact) mass is 250 g/mol. The summed E-state index contributed by atoms with van der Waals surface area (Å²) in [5.74, 6) is -0.473. The maximum absolute atomic E-state index is 11.4. The second kappa shape index (κ2) is 6.84. The first kappa shape index (κ1) is 15.4. The van der Waals surface area contributed by atoms with Crippen molar-refractivity contribution in [3.8, 4) is 0 Å². The minimum Gasteiger partial charge on any atom is -0.457 e. The molecule has 0 rings (SSSR count). The van der Waals surface area contributed by atoms with Crippen molar-refractivity contribution in [1.82, 2.24) is 0 Å². The van der Waals surface area contributed by atoms with Crippen molar-refractivity contribution >= 4 is 13.6 Å². The summed E-state index contributed by atoms with van der Waals surface area (Å²) in [6.45, 7) is 8.29. The molecule has 0 fully saturated rings. The Hall–Kier alpha value is -0.640. The Labute approximate surface area is 96.3 Å². The van der Waals surface area contributed by atoms with Gasteiger partial charge in [0.05, 0.1) is 6.61 Å². The summed E-state index contributed by atoms with van der Waals surface area (Å²) < 4.78 is 26.2. The lowest BCUT2D eigenvalue weighted by Gasteiger charge is -2.18. The van der Waals surface area contributed by atoms with Crippen LogP contribution in [0.4, 0.5) is 0 Å². The molecule has 0 saturated heterocycles. The van der Waals surface area contributed by atoms with Crippen LogP contribution in [0.3, 0.4) is 0 Å². The molecule has 0 saturated carbocycles. The molecule has 6 heteroatoms. The van der Waals surface area contributed by atoms with E-state index in [1.54, 1.807) is 6.92 Å². The van der Waals surface area contributed by atoms with E-state index in [0.29, 0.717) is 12.0 Å². The van der Waals surface area contributed by atoms with Crippen LogP contribution in [-0.2, 0) is 23.1 Å². The highest BCUT2D eigenvalue weighted by molar-refractivity contribution is 7.52. The SMILES string of the molecule is C=C(C)C(=O)OC(CC)COP(C)(=O)OC. The Kier molecular flexibility index (Phi) is 6.56. The van der Waals surface area contributed by atoms with Crippen molar-refractivity contribution in [2.24, 2.45) is 0 Å². The van der Waals surface area contributed by atoms with Gasteiger partial charge in [-0.3, -0.25) is 4.57 Å². The predicted molar refractivity (Wildman–Crippen MR) is 61.5 cm³/mol. The zero-order valence-corrected chi connectivity index (χ0v) is 11.1. The molecule has 0 aliphatic heterocycles. The van der Waals surface area contributed by atoms with Gasteiger partial charge in [-0.2, -0.15) is 0 Å². The molecule has 2 unspecified atom stereocenters. The van der Waals surface area contributed by atoms with Gasteiger partial charge in [-0.05, 0) is 13.3 Å². The molecular formula is C10H19O5P. The average molecular weight is 250 g/mol. The third-order valence-electron chi connectivity index (χ3n) is 1.90. The van der Waals surface area contributed by atoms with Crippen LogP contribution in [0, 0.1) is 0 Å². The van der Waals surface area contributed by atoms with Gasteiger partial charge in [0.1, 0.15) is 6.10 Å². The van der Waals surface area contributed by atoms with Crippen molar-refractivity contribution in [1.29, 1.82) is 0 Å². The molecule has 0 bridgehead atoms. The lowest BCUT2D eigenvalue weighted by Crippen LogP contribution is -2.22. The van der Waals surface area contributed by atoms with Crippen molar-refractivity contribution in [3.63, 3.8) is 0 Å². The first-order valence-electron chi connectivity index (χ1n) is 4.96. The molecule has 0 amide bonds. The van der Waals surface area contributed by atoms with Crippen molar-refractivity contribution in [3.05, 3.63) is 12.2 Å². The molecule has 0 heterocycles. The summed E-state index contributed by atoms with van der Waals surface area (Å²) in [5, 5.41) is 0. The lowest BCUT2D eigenvalue weighted by atomic mass is 10.3. The second-order valence-electron chi connectivity index (χ2n) is 3.47. The highest BCUT2D eigenvalue weighted by atomic mass is 31.2. The molecule has 0 spiro atoms. The van der Waals surface area contributed by atoms with Gasteiger partial charge in [-0.1, -0.05) is 13.5 Å². The fraction of sp³-hybridized carbons (Fsp3) is 0.700. The third kappa shape index (κ3) is 6.05. The Morgan fingerprint density at radius 3 is 2.44 bits per heavy atom. The third-order valence-corrected chi connectivity index (χ3v) is 3.19. The number of carbonyl (C=O) groups is 1. The van der Waals surface area contributed by atoms with Gasteiger partial charge in [0, 0.05) is 19.3 Å². The fourth-order valence-corrected chi connectivity index (χ4v) is 1.30. The van der Waals surface area contributed by atoms with Crippen LogP contribution in [0.2, 0.25) is 0 Å². The van der Waals surface area contributed by atoms with Crippen LogP contribution in [-0.4, -0.2) is 32.5 Å². The van der Waals surface area contributed by atoms with E-state index in [-0.39, 0.29) is 6.61 Å². The van der Waals surface area contributed by atoms with Gasteiger partial charge < -0.3 is 13.8 Å². The second-order valence-corrected chi connectivity index (χ2v) is 5.63. The summed E-state index contributed by atoms with van der Waals surface area (Å²) in [5.41, 5.74) is 0.324. The zero-order chi connectivity index (χ0) is 12.8. The minimum absolute atomic E-state index is 0.0527. The molecular weight excluding hydrogens is 231 g/mol. The highest BCUT2D eigenvalue weighted by Gasteiger charge is 2.20. The Balaban J connectivity index is 4.17. The number of esters is 1. The number of hydrogen-bond donors (Lipinski definition) is 0. The van der Waals surface area contributed by atoms with Crippen LogP contribution in [0.5, 0.6) is 0 Å². The topological polar surface area (TPSA) is 61.8 Å². The summed E-state index contributed by atoms with van der Waals surface area (Å²) in [7, 11) is -1.71. The number of hydrogen-bond acceptors (Lipinski definition) is 5. The molecule has 0 aromatic rings. The zero-order valence-electron chi connectivity index (χ0n) is 10.2. The van der Waals surface area contributed by atoms with Crippen LogP contribution in [0.15, 0.2) is 12.2 Å². The van der Waals surface area contributed by atoms with E-state index in [4.69, 9.17) is 9.26 Å². The van der Waals surface area contributed by atoms with Crippen molar-refractivity contribution in [2.75, 3.05) is 20.4 Å². The van der Waals surface area contributed by atoms with E-state index in [0.717, 1.165) is 0 Å².